The lowest BCUT2D eigenvalue weighted by molar-refractivity contribution is -0.137. The molecule has 0 saturated carbocycles. The van der Waals surface area contributed by atoms with Crippen LogP contribution >= 0.6 is 0 Å². The van der Waals surface area contributed by atoms with Crippen LogP contribution in [0.1, 0.15) is 41.3 Å². The van der Waals surface area contributed by atoms with Crippen LogP contribution in [-0.4, -0.2) is 26.1 Å². The summed E-state index contributed by atoms with van der Waals surface area (Å²) in [6.45, 7) is 4.01. The second-order valence-electron chi connectivity index (χ2n) is 7.23. The van der Waals surface area contributed by atoms with E-state index in [9.17, 15) is 26.4 Å². The normalized spacial score (nSPS) is 18.2. The molecule has 1 aliphatic rings. The summed E-state index contributed by atoms with van der Waals surface area (Å²) < 4.78 is 63.0. The maximum absolute atomic E-state index is 13.2. The van der Waals surface area contributed by atoms with Crippen molar-refractivity contribution < 1.29 is 26.4 Å². The molecule has 1 amide bonds. The topological polar surface area (TPSA) is 54.5 Å². The van der Waals surface area contributed by atoms with Gasteiger partial charge in [0.25, 0.3) is 5.91 Å². The van der Waals surface area contributed by atoms with Gasteiger partial charge >= 0.3 is 6.18 Å². The first-order valence-electron chi connectivity index (χ1n) is 9.00. The zero-order valence-electron chi connectivity index (χ0n) is 15.8. The summed E-state index contributed by atoms with van der Waals surface area (Å²) in [5, 5.41) is 1.03. The summed E-state index contributed by atoms with van der Waals surface area (Å²) in [5.74, 6) is -0.757. The van der Waals surface area contributed by atoms with Crippen molar-refractivity contribution in [2.24, 2.45) is 0 Å². The lowest BCUT2D eigenvalue weighted by Gasteiger charge is -2.28. The molecule has 1 atom stereocenters. The van der Waals surface area contributed by atoms with E-state index in [4.69, 9.17) is 0 Å². The molecule has 2 aromatic rings. The van der Waals surface area contributed by atoms with E-state index in [1.807, 2.05) is 26.0 Å². The first-order chi connectivity index (χ1) is 13.5. The van der Waals surface area contributed by atoms with Gasteiger partial charge in [-0.25, -0.2) is 8.42 Å². The van der Waals surface area contributed by atoms with Crippen molar-refractivity contribution in [3.05, 3.63) is 76.7 Å². The summed E-state index contributed by atoms with van der Waals surface area (Å²) in [6, 6.07) is 10.3. The van der Waals surface area contributed by atoms with E-state index in [2.05, 4.69) is 0 Å². The molecule has 3 rings (SSSR count). The van der Waals surface area contributed by atoms with Gasteiger partial charge in [0.05, 0.1) is 17.4 Å². The monoisotopic (exact) mass is 423 g/mol. The van der Waals surface area contributed by atoms with E-state index in [-0.39, 0.29) is 17.2 Å². The predicted octanol–water partition coefficient (Wildman–Crippen LogP) is 4.79. The average molecular weight is 423 g/mol. The molecular weight excluding hydrogens is 403 g/mol. The molecule has 8 heteroatoms. The Morgan fingerprint density at radius 3 is 2.28 bits per heavy atom. The number of carbonyl (C=O) groups excluding carboxylic acids is 1. The first kappa shape index (κ1) is 21.1. The summed E-state index contributed by atoms with van der Waals surface area (Å²) in [6.07, 6.45) is -3.20. The fourth-order valence-corrected chi connectivity index (χ4v) is 4.44. The average Bonchev–Trinajstić information content (AvgIpc) is 3.01. The van der Waals surface area contributed by atoms with E-state index in [1.165, 1.54) is 17.0 Å². The van der Waals surface area contributed by atoms with Crippen LogP contribution < -0.4 is 4.90 Å². The van der Waals surface area contributed by atoms with Gasteiger partial charge in [-0.2, -0.15) is 13.2 Å². The molecule has 1 aliphatic heterocycles. The van der Waals surface area contributed by atoms with Gasteiger partial charge in [0.1, 0.15) is 0 Å². The van der Waals surface area contributed by atoms with Crippen LogP contribution in [0.25, 0.3) is 0 Å². The highest BCUT2D eigenvalue weighted by Gasteiger charge is 2.34. The Kier molecular flexibility index (Phi) is 5.58. The molecule has 0 aliphatic carbocycles. The number of amides is 1. The minimum Gasteiger partial charge on any atom is -0.300 e. The second-order valence-corrected chi connectivity index (χ2v) is 9.16. The molecule has 29 heavy (non-hydrogen) atoms. The smallest absolute Gasteiger partial charge is 0.300 e. The third-order valence-corrected chi connectivity index (χ3v) is 6.11. The summed E-state index contributed by atoms with van der Waals surface area (Å²) in [5.41, 5.74) is 0.344. The molecule has 0 spiro atoms. The zero-order valence-corrected chi connectivity index (χ0v) is 16.7. The Labute approximate surface area is 167 Å². The number of carbonyl (C=O) groups is 1. The highest BCUT2D eigenvalue weighted by atomic mass is 32.2. The molecule has 0 aromatic heterocycles. The minimum atomic E-state index is -4.59. The fourth-order valence-electron chi connectivity index (χ4n) is 3.17. The maximum atomic E-state index is 13.2. The fraction of sp³-hybridized carbons (Fsp3) is 0.286. The van der Waals surface area contributed by atoms with Gasteiger partial charge in [0, 0.05) is 16.7 Å². The Morgan fingerprint density at radius 2 is 1.76 bits per heavy atom. The third kappa shape index (κ3) is 4.70. The van der Waals surface area contributed by atoms with Crippen molar-refractivity contribution in [3.8, 4) is 0 Å². The van der Waals surface area contributed by atoms with Crippen LogP contribution in [0.15, 0.2) is 60.0 Å². The molecule has 0 radical (unpaired) electrons. The van der Waals surface area contributed by atoms with Crippen molar-refractivity contribution in [1.82, 2.24) is 0 Å². The Balaban J connectivity index is 2.04. The molecule has 1 heterocycles. The highest BCUT2D eigenvalue weighted by Crippen LogP contribution is 2.31. The number of sulfone groups is 1. The van der Waals surface area contributed by atoms with Crippen molar-refractivity contribution in [3.63, 3.8) is 0 Å². The molecule has 0 saturated heterocycles. The highest BCUT2D eigenvalue weighted by molar-refractivity contribution is 7.94. The van der Waals surface area contributed by atoms with Gasteiger partial charge in [-0.05, 0) is 47.9 Å². The molecule has 2 aromatic carbocycles. The maximum Gasteiger partial charge on any atom is 0.416 e. The Hall–Kier alpha value is -2.61. The molecule has 0 bridgehead atoms. The quantitative estimate of drug-likeness (QED) is 0.711. The van der Waals surface area contributed by atoms with E-state index < -0.39 is 33.5 Å². The van der Waals surface area contributed by atoms with Gasteiger partial charge in [-0.3, -0.25) is 4.79 Å². The molecular formula is C21H20F3NO3S. The number of hydrogen-bond donors (Lipinski definition) is 0. The van der Waals surface area contributed by atoms with Gasteiger partial charge < -0.3 is 4.90 Å². The van der Waals surface area contributed by atoms with Crippen molar-refractivity contribution in [2.45, 2.75) is 32.0 Å². The molecule has 0 fully saturated rings. The van der Waals surface area contributed by atoms with Gasteiger partial charge in [0.2, 0.25) is 0 Å². The largest absolute Gasteiger partial charge is 0.416 e. The summed E-state index contributed by atoms with van der Waals surface area (Å²) >= 11 is 0. The van der Waals surface area contributed by atoms with Crippen molar-refractivity contribution in [2.75, 3.05) is 10.7 Å². The molecule has 1 unspecified atom stereocenters. The number of hydrogen-bond acceptors (Lipinski definition) is 3. The standard InChI is InChI=1S/C21H20F3NO3S/c1-14(2)15-6-8-18(9-7-15)25(19-10-11-29(27,28)13-19)20(26)16-4-3-5-17(12-16)21(22,23)24/h3-12,14,19H,13H2,1-2H3. The number of benzene rings is 2. The lowest BCUT2D eigenvalue weighted by Crippen LogP contribution is -2.41. The number of anilines is 1. The summed E-state index contributed by atoms with van der Waals surface area (Å²) in [7, 11) is -3.47. The predicted molar refractivity (Wildman–Crippen MR) is 105 cm³/mol. The number of nitrogens with zero attached hydrogens (tertiary/aromatic N) is 1. The molecule has 4 nitrogen and oxygen atoms in total. The second kappa shape index (κ2) is 7.67. The SMILES string of the molecule is CC(C)c1ccc(N(C(=O)c2cccc(C(F)(F)F)c2)C2C=CS(=O)(=O)C2)cc1. The number of halogens is 3. The summed E-state index contributed by atoms with van der Waals surface area (Å²) in [4.78, 5) is 14.4. The lowest BCUT2D eigenvalue weighted by atomic mass is 10.0. The van der Waals surface area contributed by atoms with Gasteiger partial charge in [-0.1, -0.05) is 32.0 Å². The molecule has 154 valence electrons. The van der Waals surface area contributed by atoms with Crippen LogP contribution in [0.3, 0.4) is 0 Å². The zero-order chi connectivity index (χ0) is 21.4. The Bertz CT molecular complexity index is 1040. The Morgan fingerprint density at radius 1 is 1.10 bits per heavy atom. The van der Waals surface area contributed by atoms with Crippen LogP contribution in [0.2, 0.25) is 0 Å². The van der Waals surface area contributed by atoms with Crippen LogP contribution in [0.4, 0.5) is 18.9 Å². The van der Waals surface area contributed by atoms with Crippen molar-refractivity contribution in [1.29, 1.82) is 0 Å². The van der Waals surface area contributed by atoms with Gasteiger partial charge in [-0.15, -0.1) is 0 Å². The molecule has 0 N–H and O–H groups in total. The number of rotatable bonds is 4. The van der Waals surface area contributed by atoms with E-state index >= 15 is 0 Å². The first-order valence-corrected chi connectivity index (χ1v) is 10.7. The van der Waals surface area contributed by atoms with Crippen LogP contribution in [-0.2, 0) is 16.0 Å². The van der Waals surface area contributed by atoms with E-state index in [1.54, 1.807) is 12.1 Å². The van der Waals surface area contributed by atoms with Crippen LogP contribution in [0, 0.1) is 0 Å². The van der Waals surface area contributed by atoms with E-state index in [0.29, 0.717) is 5.69 Å². The minimum absolute atomic E-state index is 0.162. The number of alkyl halides is 3. The van der Waals surface area contributed by atoms with E-state index in [0.717, 1.165) is 29.2 Å². The third-order valence-electron chi connectivity index (χ3n) is 4.74. The van der Waals surface area contributed by atoms with Gasteiger partial charge in [0.15, 0.2) is 9.84 Å². The van der Waals surface area contributed by atoms with Crippen LogP contribution in [0.5, 0.6) is 0 Å². The van der Waals surface area contributed by atoms with Crippen molar-refractivity contribution >= 4 is 21.4 Å².